The maximum Gasteiger partial charge on any atom is 0.227 e. The van der Waals surface area contributed by atoms with E-state index < -0.39 is 0 Å². The maximum absolute atomic E-state index is 12.7. The third kappa shape index (κ3) is 3.37. The van der Waals surface area contributed by atoms with Crippen LogP contribution in [0.1, 0.15) is 39.0 Å². The third-order valence-electron chi connectivity index (χ3n) is 5.77. The molecule has 26 heavy (non-hydrogen) atoms. The van der Waals surface area contributed by atoms with E-state index >= 15 is 0 Å². The van der Waals surface area contributed by atoms with Gasteiger partial charge in [0.05, 0.1) is 5.92 Å². The molecule has 1 aromatic carbocycles. The first kappa shape index (κ1) is 17.2. The second-order valence-corrected chi connectivity index (χ2v) is 7.61. The molecule has 0 aromatic heterocycles. The highest BCUT2D eigenvalue weighted by Crippen LogP contribution is 2.36. The summed E-state index contributed by atoms with van der Waals surface area (Å²) in [5, 5.41) is 3.19. The van der Waals surface area contributed by atoms with Crippen molar-refractivity contribution in [3.8, 4) is 11.5 Å². The average molecular weight is 358 g/mol. The van der Waals surface area contributed by atoms with Gasteiger partial charge in [-0.2, -0.15) is 0 Å². The minimum atomic E-state index is -0.287. The van der Waals surface area contributed by atoms with Crippen molar-refractivity contribution in [3.63, 3.8) is 0 Å². The van der Waals surface area contributed by atoms with E-state index in [0.29, 0.717) is 37.2 Å². The predicted molar refractivity (Wildman–Crippen MR) is 97.5 cm³/mol. The number of benzene rings is 1. The minimum Gasteiger partial charge on any atom is -0.486 e. The van der Waals surface area contributed by atoms with E-state index in [1.807, 2.05) is 18.2 Å². The Morgan fingerprint density at radius 2 is 1.92 bits per heavy atom. The van der Waals surface area contributed by atoms with E-state index in [9.17, 15) is 9.59 Å². The van der Waals surface area contributed by atoms with Gasteiger partial charge >= 0.3 is 0 Å². The molecule has 1 aromatic rings. The lowest BCUT2D eigenvalue weighted by atomic mass is 9.85. The second-order valence-electron chi connectivity index (χ2n) is 7.61. The summed E-state index contributed by atoms with van der Waals surface area (Å²) >= 11 is 0. The van der Waals surface area contributed by atoms with Crippen molar-refractivity contribution in [2.24, 2.45) is 11.8 Å². The number of rotatable bonds is 3. The first-order valence-corrected chi connectivity index (χ1v) is 9.62. The molecule has 1 saturated carbocycles. The summed E-state index contributed by atoms with van der Waals surface area (Å²) in [6.45, 7) is 3.67. The molecule has 3 atom stereocenters. The molecule has 1 N–H and O–H groups in total. The summed E-state index contributed by atoms with van der Waals surface area (Å²) in [5.74, 6) is 1.58. The SMILES string of the molecule is C[C@@H]1CCCC[C@@H]1NC(=O)[C@@H]1CC(=O)N(c2ccc3c(c2)OCCO3)C1. The summed E-state index contributed by atoms with van der Waals surface area (Å²) in [4.78, 5) is 26.9. The number of carbonyl (C=O) groups excluding carboxylic acids is 2. The highest BCUT2D eigenvalue weighted by atomic mass is 16.6. The molecule has 2 amide bonds. The van der Waals surface area contributed by atoms with Gasteiger partial charge in [0, 0.05) is 30.8 Å². The van der Waals surface area contributed by atoms with Gasteiger partial charge in [-0.1, -0.05) is 19.8 Å². The molecule has 140 valence electrons. The Morgan fingerprint density at radius 3 is 2.73 bits per heavy atom. The topological polar surface area (TPSA) is 67.9 Å². The molecule has 3 aliphatic rings. The highest BCUT2D eigenvalue weighted by Gasteiger charge is 2.37. The van der Waals surface area contributed by atoms with Crippen LogP contribution in [0.3, 0.4) is 0 Å². The van der Waals surface area contributed by atoms with Crippen LogP contribution in [0.15, 0.2) is 18.2 Å². The lowest BCUT2D eigenvalue weighted by Gasteiger charge is -2.30. The number of fused-ring (bicyclic) bond motifs is 1. The number of hydrogen-bond acceptors (Lipinski definition) is 4. The first-order chi connectivity index (χ1) is 12.6. The Morgan fingerprint density at radius 1 is 1.15 bits per heavy atom. The number of amides is 2. The van der Waals surface area contributed by atoms with Crippen molar-refractivity contribution in [1.29, 1.82) is 0 Å². The van der Waals surface area contributed by atoms with Crippen LogP contribution in [0.2, 0.25) is 0 Å². The molecular weight excluding hydrogens is 332 g/mol. The molecule has 0 radical (unpaired) electrons. The summed E-state index contributed by atoms with van der Waals surface area (Å²) in [6, 6.07) is 5.76. The van der Waals surface area contributed by atoms with Crippen molar-refractivity contribution in [2.75, 3.05) is 24.7 Å². The van der Waals surface area contributed by atoms with Crippen LogP contribution in [0.5, 0.6) is 11.5 Å². The van der Waals surface area contributed by atoms with E-state index in [2.05, 4.69) is 12.2 Å². The van der Waals surface area contributed by atoms with E-state index in [1.165, 1.54) is 12.8 Å². The molecule has 2 aliphatic heterocycles. The largest absolute Gasteiger partial charge is 0.486 e. The van der Waals surface area contributed by atoms with Crippen LogP contribution in [0.25, 0.3) is 0 Å². The van der Waals surface area contributed by atoms with Crippen molar-refractivity contribution in [3.05, 3.63) is 18.2 Å². The van der Waals surface area contributed by atoms with Gasteiger partial charge in [0.2, 0.25) is 11.8 Å². The molecule has 2 fully saturated rings. The summed E-state index contributed by atoms with van der Waals surface area (Å²) in [6.07, 6.45) is 4.88. The van der Waals surface area contributed by atoms with Gasteiger partial charge < -0.3 is 19.7 Å². The lowest BCUT2D eigenvalue weighted by molar-refractivity contribution is -0.127. The van der Waals surface area contributed by atoms with Crippen molar-refractivity contribution in [1.82, 2.24) is 5.32 Å². The number of ether oxygens (including phenoxy) is 2. The fourth-order valence-corrected chi connectivity index (χ4v) is 4.16. The quantitative estimate of drug-likeness (QED) is 0.901. The molecule has 6 heteroatoms. The van der Waals surface area contributed by atoms with Crippen molar-refractivity contribution < 1.29 is 19.1 Å². The number of nitrogens with zero attached hydrogens (tertiary/aromatic N) is 1. The smallest absolute Gasteiger partial charge is 0.227 e. The monoisotopic (exact) mass is 358 g/mol. The number of anilines is 1. The Labute approximate surface area is 153 Å². The maximum atomic E-state index is 12.7. The zero-order valence-electron chi connectivity index (χ0n) is 15.2. The molecule has 2 heterocycles. The van der Waals surface area contributed by atoms with Gasteiger partial charge in [0.25, 0.3) is 0 Å². The Kier molecular flexibility index (Phi) is 4.74. The third-order valence-corrected chi connectivity index (χ3v) is 5.77. The molecule has 6 nitrogen and oxygen atoms in total. The normalized spacial score (nSPS) is 28.1. The first-order valence-electron chi connectivity index (χ1n) is 9.62. The van der Waals surface area contributed by atoms with E-state index in [4.69, 9.17) is 9.47 Å². The summed E-state index contributed by atoms with van der Waals surface area (Å²) in [7, 11) is 0. The standard InChI is InChI=1S/C20H26N2O4/c1-13-4-2-3-5-16(13)21-20(24)14-10-19(23)22(12-14)15-6-7-17-18(11-15)26-9-8-25-17/h6-7,11,13-14,16H,2-5,8-10,12H2,1H3,(H,21,24)/t13-,14-,16+/m1/s1. The van der Waals surface area contributed by atoms with Crippen LogP contribution in [0, 0.1) is 11.8 Å². The van der Waals surface area contributed by atoms with Gasteiger partial charge in [-0.3, -0.25) is 9.59 Å². The number of hydrogen-bond donors (Lipinski definition) is 1. The van der Waals surface area contributed by atoms with Crippen LogP contribution in [0.4, 0.5) is 5.69 Å². The van der Waals surface area contributed by atoms with E-state index in [1.54, 1.807) is 4.90 Å². The fraction of sp³-hybridized carbons (Fsp3) is 0.600. The van der Waals surface area contributed by atoms with E-state index in [-0.39, 0.29) is 30.2 Å². The van der Waals surface area contributed by atoms with Gasteiger partial charge in [0.15, 0.2) is 11.5 Å². The molecule has 4 rings (SSSR count). The summed E-state index contributed by atoms with van der Waals surface area (Å²) < 4.78 is 11.1. The molecule has 0 bridgehead atoms. The molecule has 1 aliphatic carbocycles. The van der Waals surface area contributed by atoms with Gasteiger partial charge in [-0.05, 0) is 30.9 Å². The van der Waals surface area contributed by atoms with Gasteiger partial charge in [-0.25, -0.2) is 0 Å². The molecule has 0 spiro atoms. The lowest BCUT2D eigenvalue weighted by Crippen LogP contribution is -2.44. The Hall–Kier alpha value is -2.24. The Balaban J connectivity index is 1.42. The van der Waals surface area contributed by atoms with Gasteiger partial charge in [0.1, 0.15) is 13.2 Å². The van der Waals surface area contributed by atoms with Crippen LogP contribution >= 0.6 is 0 Å². The zero-order valence-corrected chi connectivity index (χ0v) is 15.2. The van der Waals surface area contributed by atoms with Crippen molar-refractivity contribution >= 4 is 17.5 Å². The Bertz CT molecular complexity index is 705. The number of carbonyl (C=O) groups is 2. The number of nitrogens with one attached hydrogen (secondary N) is 1. The fourth-order valence-electron chi connectivity index (χ4n) is 4.16. The zero-order chi connectivity index (χ0) is 18.1. The summed E-state index contributed by atoms with van der Waals surface area (Å²) in [5.41, 5.74) is 0.764. The highest BCUT2D eigenvalue weighted by molar-refractivity contribution is 6.00. The average Bonchev–Trinajstić information content (AvgIpc) is 3.05. The van der Waals surface area contributed by atoms with Crippen LogP contribution in [-0.2, 0) is 9.59 Å². The van der Waals surface area contributed by atoms with E-state index in [0.717, 1.165) is 18.5 Å². The molecule has 1 saturated heterocycles. The second kappa shape index (κ2) is 7.17. The van der Waals surface area contributed by atoms with Crippen LogP contribution in [-0.4, -0.2) is 37.6 Å². The van der Waals surface area contributed by atoms with Gasteiger partial charge in [-0.15, -0.1) is 0 Å². The molecule has 0 unspecified atom stereocenters. The van der Waals surface area contributed by atoms with Crippen LogP contribution < -0.4 is 19.7 Å². The minimum absolute atomic E-state index is 0.0112. The van der Waals surface area contributed by atoms with Crippen molar-refractivity contribution in [2.45, 2.75) is 45.1 Å². The predicted octanol–water partition coefficient (Wildman–Crippen LogP) is 2.51. The molecular formula is C20H26N2O4.